The van der Waals surface area contributed by atoms with Crippen molar-refractivity contribution in [3.05, 3.63) is 33.1 Å². The van der Waals surface area contributed by atoms with Gasteiger partial charge in [0.25, 0.3) is 5.56 Å². The standard InChI is InChI=1S/C16H28N2O3Si/c1-16(2,3)22(4,5)21-11-12-6-7-13(10-12)18-14(19)8-9-17-15(18)20/h8-9,12-13H,6-7,10-11H2,1-5H3,(H,17,20)/t12-,13+/m1/s1. The molecular weight excluding hydrogens is 296 g/mol. The van der Waals surface area contributed by atoms with Crippen LogP contribution in [0.3, 0.4) is 0 Å². The summed E-state index contributed by atoms with van der Waals surface area (Å²) < 4.78 is 7.66. The zero-order valence-electron chi connectivity index (χ0n) is 14.3. The SMILES string of the molecule is CC(C)(C)[Si](C)(C)OC[C@@H]1CC[C@H](n2c(=O)cc[nH]c2=O)C1. The van der Waals surface area contributed by atoms with E-state index in [2.05, 4.69) is 38.8 Å². The van der Waals surface area contributed by atoms with Crippen molar-refractivity contribution in [3.63, 3.8) is 0 Å². The Morgan fingerprint density at radius 2 is 2.00 bits per heavy atom. The Morgan fingerprint density at radius 3 is 2.59 bits per heavy atom. The number of aromatic nitrogens is 2. The van der Waals surface area contributed by atoms with Crippen LogP contribution in [0, 0.1) is 5.92 Å². The van der Waals surface area contributed by atoms with Gasteiger partial charge in [0.05, 0.1) is 0 Å². The Kier molecular flexibility index (Phi) is 4.82. The average molecular weight is 324 g/mol. The van der Waals surface area contributed by atoms with E-state index in [1.54, 1.807) is 0 Å². The number of rotatable bonds is 4. The summed E-state index contributed by atoms with van der Waals surface area (Å²) in [7, 11) is -1.73. The number of hydrogen-bond acceptors (Lipinski definition) is 3. The number of hydrogen-bond donors (Lipinski definition) is 1. The Bertz CT molecular complexity index is 599. The third kappa shape index (κ3) is 3.60. The predicted molar refractivity (Wildman–Crippen MR) is 90.8 cm³/mol. The van der Waals surface area contributed by atoms with E-state index in [9.17, 15) is 9.59 Å². The zero-order valence-corrected chi connectivity index (χ0v) is 15.3. The number of aromatic amines is 1. The van der Waals surface area contributed by atoms with E-state index in [-0.39, 0.29) is 22.3 Å². The highest BCUT2D eigenvalue weighted by Crippen LogP contribution is 2.39. The summed E-state index contributed by atoms with van der Waals surface area (Å²) in [5.41, 5.74) is -0.511. The second-order valence-electron chi connectivity index (χ2n) is 7.90. The molecule has 1 aliphatic carbocycles. The molecule has 0 spiro atoms. The molecule has 0 amide bonds. The summed E-state index contributed by atoms with van der Waals surface area (Å²) in [4.78, 5) is 26.4. The summed E-state index contributed by atoms with van der Waals surface area (Å²) >= 11 is 0. The first-order chi connectivity index (χ1) is 10.1. The van der Waals surface area contributed by atoms with Gasteiger partial charge in [0.2, 0.25) is 0 Å². The zero-order chi connectivity index (χ0) is 16.5. The van der Waals surface area contributed by atoms with Gasteiger partial charge < -0.3 is 9.41 Å². The Hall–Kier alpha value is -1.14. The molecule has 2 rings (SSSR count). The Balaban J connectivity index is 2.00. The maximum absolute atomic E-state index is 11.9. The van der Waals surface area contributed by atoms with E-state index in [1.165, 1.54) is 16.8 Å². The Morgan fingerprint density at radius 1 is 1.32 bits per heavy atom. The monoisotopic (exact) mass is 324 g/mol. The molecule has 1 aromatic heterocycles. The maximum atomic E-state index is 11.9. The lowest BCUT2D eigenvalue weighted by Crippen LogP contribution is -2.42. The van der Waals surface area contributed by atoms with Crippen LogP contribution in [0.2, 0.25) is 18.1 Å². The summed E-state index contributed by atoms with van der Waals surface area (Å²) in [6.07, 6.45) is 4.15. The molecule has 0 unspecified atom stereocenters. The van der Waals surface area contributed by atoms with E-state index in [1.807, 2.05) is 0 Å². The molecule has 1 N–H and O–H groups in total. The molecule has 0 aromatic carbocycles. The van der Waals surface area contributed by atoms with Gasteiger partial charge in [-0.2, -0.15) is 0 Å². The van der Waals surface area contributed by atoms with Crippen LogP contribution in [-0.4, -0.2) is 24.5 Å². The molecule has 2 atom stereocenters. The Labute approximate surface area is 132 Å². The molecule has 22 heavy (non-hydrogen) atoms. The molecule has 0 saturated heterocycles. The highest BCUT2D eigenvalue weighted by molar-refractivity contribution is 6.74. The normalized spacial score (nSPS) is 23.0. The van der Waals surface area contributed by atoms with Crippen LogP contribution >= 0.6 is 0 Å². The minimum absolute atomic E-state index is 0.00506. The maximum Gasteiger partial charge on any atom is 0.328 e. The molecule has 1 fully saturated rings. The first-order valence-corrected chi connectivity index (χ1v) is 11.0. The van der Waals surface area contributed by atoms with Crippen molar-refractivity contribution in [2.75, 3.05) is 6.61 Å². The molecule has 1 aliphatic rings. The van der Waals surface area contributed by atoms with Crippen molar-refractivity contribution >= 4 is 8.32 Å². The van der Waals surface area contributed by atoms with E-state index in [0.717, 1.165) is 25.9 Å². The van der Waals surface area contributed by atoms with Gasteiger partial charge in [0.15, 0.2) is 8.32 Å². The minimum Gasteiger partial charge on any atom is -0.417 e. The van der Waals surface area contributed by atoms with E-state index in [4.69, 9.17) is 4.43 Å². The van der Waals surface area contributed by atoms with E-state index in [0.29, 0.717) is 5.92 Å². The van der Waals surface area contributed by atoms with Gasteiger partial charge in [-0.3, -0.25) is 9.36 Å². The van der Waals surface area contributed by atoms with Crippen LogP contribution < -0.4 is 11.2 Å². The van der Waals surface area contributed by atoms with Gasteiger partial charge in [-0.15, -0.1) is 0 Å². The topological polar surface area (TPSA) is 64.1 Å². The minimum atomic E-state index is -1.73. The number of nitrogens with zero attached hydrogens (tertiary/aromatic N) is 1. The van der Waals surface area contributed by atoms with E-state index >= 15 is 0 Å². The van der Waals surface area contributed by atoms with Gasteiger partial charge in [-0.25, -0.2) is 4.79 Å². The summed E-state index contributed by atoms with van der Waals surface area (Å²) in [5.74, 6) is 0.436. The van der Waals surface area contributed by atoms with Crippen LogP contribution in [0.15, 0.2) is 21.9 Å². The molecule has 5 nitrogen and oxygen atoms in total. The first-order valence-electron chi connectivity index (χ1n) is 8.06. The molecule has 1 saturated carbocycles. The van der Waals surface area contributed by atoms with Crippen LogP contribution in [0.5, 0.6) is 0 Å². The average Bonchev–Trinajstić information content (AvgIpc) is 2.83. The first kappa shape index (κ1) is 17.2. The van der Waals surface area contributed by atoms with Crippen LogP contribution in [0.1, 0.15) is 46.1 Å². The molecule has 124 valence electrons. The van der Waals surface area contributed by atoms with Gasteiger partial charge in [-0.1, -0.05) is 20.8 Å². The molecule has 6 heteroatoms. The fraction of sp³-hybridized carbons (Fsp3) is 0.750. The number of nitrogens with one attached hydrogen (secondary N) is 1. The van der Waals surface area contributed by atoms with Crippen LogP contribution in [-0.2, 0) is 4.43 Å². The lowest BCUT2D eigenvalue weighted by Gasteiger charge is -2.37. The van der Waals surface area contributed by atoms with Crippen molar-refractivity contribution in [2.24, 2.45) is 5.92 Å². The summed E-state index contributed by atoms with van der Waals surface area (Å²) in [5, 5.41) is 0.207. The molecule has 1 heterocycles. The molecule has 0 radical (unpaired) electrons. The quantitative estimate of drug-likeness (QED) is 0.866. The van der Waals surface area contributed by atoms with Crippen molar-refractivity contribution in [2.45, 2.75) is 64.2 Å². The lowest BCUT2D eigenvalue weighted by atomic mass is 10.1. The third-order valence-corrected chi connectivity index (χ3v) is 9.75. The molecule has 0 aliphatic heterocycles. The highest BCUT2D eigenvalue weighted by Gasteiger charge is 2.38. The lowest BCUT2D eigenvalue weighted by molar-refractivity contribution is 0.227. The van der Waals surface area contributed by atoms with Gasteiger partial charge >= 0.3 is 5.69 Å². The highest BCUT2D eigenvalue weighted by atomic mass is 28.4. The largest absolute Gasteiger partial charge is 0.417 e. The second kappa shape index (κ2) is 6.16. The smallest absolute Gasteiger partial charge is 0.328 e. The predicted octanol–water partition coefficient (Wildman–Crippen LogP) is 2.90. The molecule has 0 bridgehead atoms. The fourth-order valence-corrected chi connectivity index (χ4v) is 3.84. The molecular formula is C16H28N2O3Si. The summed E-state index contributed by atoms with van der Waals surface area (Å²) in [6, 6.07) is 1.42. The van der Waals surface area contributed by atoms with Crippen LogP contribution in [0.4, 0.5) is 0 Å². The van der Waals surface area contributed by atoms with Crippen molar-refractivity contribution in [3.8, 4) is 0 Å². The van der Waals surface area contributed by atoms with Gasteiger partial charge in [0.1, 0.15) is 0 Å². The molecule has 1 aromatic rings. The summed E-state index contributed by atoms with van der Waals surface area (Å²) in [6.45, 7) is 12.0. The van der Waals surface area contributed by atoms with Crippen molar-refractivity contribution < 1.29 is 4.43 Å². The third-order valence-electron chi connectivity index (χ3n) is 5.25. The van der Waals surface area contributed by atoms with E-state index < -0.39 is 8.32 Å². The second-order valence-corrected chi connectivity index (χ2v) is 12.7. The van der Waals surface area contributed by atoms with Gasteiger partial charge in [-0.05, 0) is 43.3 Å². The van der Waals surface area contributed by atoms with Crippen molar-refractivity contribution in [1.29, 1.82) is 0 Å². The number of H-pyrrole nitrogens is 1. The fourth-order valence-electron chi connectivity index (χ4n) is 2.76. The van der Waals surface area contributed by atoms with Gasteiger partial charge in [0, 0.05) is 24.9 Å². The van der Waals surface area contributed by atoms with Crippen molar-refractivity contribution in [1.82, 2.24) is 9.55 Å². The van der Waals surface area contributed by atoms with Crippen LogP contribution in [0.25, 0.3) is 0 Å².